The van der Waals surface area contributed by atoms with Crippen molar-refractivity contribution >= 4 is 5.91 Å². The lowest BCUT2D eigenvalue weighted by Gasteiger charge is -2.32. The maximum Gasteiger partial charge on any atom is 0.219 e. The van der Waals surface area contributed by atoms with E-state index in [9.17, 15) is 4.79 Å². The molecule has 20 heavy (non-hydrogen) atoms. The molecule has 3 atom stereocenters. The molecule has 0 aromatic carbocycles. The van der Waals surface area contributed by atoms with Gasteiger partial charge in [0.15, 0.2) is 0 Å². The fourth-order valence-electron chi connectivity index (χ4n) is 4.16. The fourth-order valence-corrected chi connectivity index (χ4v) is 4.16. The van der Waals surface area contributed by atoms with Crippen molar-refractivity contribution in [3.63, 3.8) is 0 Å². The Labute approximate surface area is 124 Å². The molecule has 3 heteroatoms. The first-order valence-corrected chi connectivity index (χ1v) is 8.52. The minimum absolute atomic E-state index is 0.244. The molecule has 0 aromatic heterocycles. The second-order valence-electron chi connectivity index (χ2n) is 7.15. The van der Waals surface area contributed by atoms with Gasteiger partial charge in [-0.25, -0.2) is 0 Å². The Morgan fingerprint density at radius 2 is 1.85 bits per heavy atom. The number of nitrogens with zero attached hydrogens (tertiary/aromatic N) is 2. The molecule has 1 amide bonds. The van der Waals surface area contributed by atoms with Gasteiger partial charge in [0, 0.05) is 33.1 Å². The first kappa shape index (κ1) is 15.8. The maximum atomic E-state index is 11.4. The first-order chi connectivity index (χ1) is 9.58. The zero-order chi connectivity index (χ0) is 14.5. The maximum absolute atomic E-state index is 11.4. The van der Waals surface area contributed by atoms with Crippen molar-refractivity contribution < 1.29 is 4.79 Å². The highest BCUT2D eigenvalue weighted by molar-refractivity contribution is 5.73. The predicted molar refractivity (Wildman–Crippen MR) is 83.6 cm³/mol. The van der Waals surface area contributed by atoms with Gasteiger partial charge in [-0.2, -0.15) is 0 Å². The zero-order valence-corrected chi connectivity index (χ0v) is 13.6. The molecule has 2 fully saturated rings. The zero-order valence-electron chi connectivity index (χ0n) is 13.6. The number of rotatable bonds is 5. The molecule has 0 bridgehead atoms. The molecule has 3 nitrogen and oxygen atoms in total. The Hall–Kier alpha value is -0.570. The van der Waals surface area contributed by atoms with Gasteiger partial charge in [0.2, 0.25) is 5.91 Å². The van der Waals surface area contributed by atoms with Crippen LogP contribution in [0.4, 0.5) is 0 Å². The van der Waals surface area contributed by atoms with E-state index >= 15 is 0 Å². The van der Waals surface area contributed by atoms with Crippen molar-refractivity contribution in [2.45, 2.75) is 52.4 Å². The Balaban J connectivity index is 1.70. The van der Waals surface area contributed by atoms with Gasteiger partial charge in [0.1, 0.15) is 0 Å². The van der Waals surface area contributed by atoms with Crippen LogP contribution in [0.15, 0.2) is 0 Å². The summed E-state index contributed by atoms with van der Waals surface area (Å²) < 4.78 is 0. The summed E-state index contributed by atoms with van der Waals surface area (Å²) in [5.41, 5.74) is 0. The molecule has 0 radical (unpaired) electrons. The van der Waals surface area contributed by atoms with Crippen LogP contribution < -0.4 is 0 Å². The van der Waals surface area contributed by atoms with Crippen molar-refractivity contribution in [3.8, 4) is 0 Å². The molecule has 1 heterocycles. The quantitative estimate of drug-likeness (QED) is 0.773. The lowest BCUT2D eigenvalue weighted by Crippen LogP contribution is -2.34. The topological polar surface area (TPSA) is 23.6 Å². The van der Waals surface area contributed by atoms with E-state index in [4.69, 9.17) is 0 Å². The number of hydrogen-bond acceptors (Lipinski definition) is 2. The third kappa shape index (κ3) is 4.47. The fraction of sp³-hybridized carbons (Fsp3) is 0.941. The van der Waals surface area contributed by atoms with Crippen LogP contribution in [0, 0.1) is 17.8 Å². The lowest BCUT2D eigenvalue weighted by atomic mass is 9.80. The minimum atomic E-state index is 0.244. The van der Waals surface area contributed by atoms with Gasteiger partial charge in [0.25, 0.3) is 0 Å². The summed E-state index contributed by atoms with van der Waals surface area (Å²) in [6, 6.07) is 0. The van der Waals surface area contributed by atoms with Gasteiger partial charge in [-0.05, 0) is 44.1 Å². The highest BCUT2D eigenvalue weighted by Gasteiger charge is 2.26. The summed E-state index contributed by atoms with van der Waals surface area (Å²) in [6.07, 6.45) is 8.28. The van der Waals surface area contributed by atoms with E-state index < -0.39 is 0 Å². The minimum Gasteiger partial charge on any atom is -0.343 e. The van der Waals surface area contributed by atoms with Gasteiger partial charge in [-0.1, -0.05) is 26.2 Å². The number of likely N-dealkylation sites (tertiary alicyclic amines) is 1. The second kappa shape index (κ2) is 7.44. The molecular formula is C17H32N2O. The predicted octanol–water partition coefficient (Wildman–Crippen LogP) is 3.00. The second-order valence-corrected chi connectivity index (χ2v) is 7.15. The Bertz CT molecular complexity index is 318. The highest BCUT2D eigenvalue weighted by Crippen LogP contribution is 2.31. The van der Waals surface area contributed by atoms with Crippen molar-refractivity contribution in [1.82, 2.24) is 9.80 Å². The van der Waals surface area contributed by atoms with Crippen molar-refractivity contribution in [2.24, 2.45) is 17.8 Å². The standard InChI is InChI=1S/C17H32N2O/c1-4-15-6-5-7-16(10-15)11-18(3)12-17-8-9-19(13-17)14(2)20/h15-17H,4-13H2,1-3H3/t15-,16-,17-/m1/s1. The van der Waals surface area contributed by atoms with Crippen LogP contribution in [-0.4, -0.2) is 48.9 Å². The molecule has 0 N–H and O–H groups in total. The van der Waals surface area contributed by atoms with E-state index in [0.29, 0.717) is 5.92 Å². The van der Waals surface area contributed by atoms with Crippen LogP contribution in [-0.2, 0) is 4.79 Å². The van der Waals surface area contributed by atoms with E-state index in [1.807, 2.05) is 4.90 Å². The molecule has 0 aromatic rings. The van der Waals surface area contributed by atoms with E-state index in [1.54, 1.807) is 6.92 Å². The molecule has 2 rings (SSSR count). The van der Waals surface area contributed by atoms with E-state index in [0.717, 1.165) is 31.5 Å². The van der Waals surface area contributed by atoms with Crippen molar-refractivity contribution in [1.29, 1.82) is 0 Å². The average molecular weight is 280 g/mol. The van der Waals surface area contributed by atoms with Crippen molar-refractivity contribution in [3.05, 3.63) is 0 Å². The largest absolute Gasteiger partial charge is 0.343 e. The molecule has 0 spiro atoms. The molecular weight excluding hydrogens is 248 g/mol. The van der Waals surface area contributed by atoms with Crippen LogP contribution in [0.3, 0.4) is 0 Å². The van der Waals surface area contributed by atoms with E-state index in [2.05, 4.69) is 18.9 Å². The molecule has 1 saturated carbocycles. The SMILES string of the molecule is CC[C@@H]1CCC[C@@H](CN(C)C[C@H]2CCN(C(C)=O)C2)C1. The number of amides is 1. The van der Waals surface area contributed by atoms with Gasteiger partial charge < -0.3 is 9.80 Å². The molecule has 1 aliphatic heterocycles. The van der Waals surface area contributed by atoms with E-state index in [-0.39, 0.29) is 5.91 Å². The molecule has 0 unspecified atom stereocenters. The first-order valence-electron chi connectivity index (χ1n) is 8.52. The number of carbonyl (C=O) groups is 1. The van der Waals surface area contributed by atoms with Crippen molar-refractivity contribution in [2.75, 3.05) is 33.2 Å². The molecule has 1 saturated heterocycles. The Morgan fingerprint density at radius 1 is 1.15 bits per heavy atom. The van der Waals surface area contributed by atoms with Crippen LogP contribution in [0.25, 0.3) is 0 Å². The number of carbonyl (C=O) groups excluding carboxylic acids is 1. The average Bonchev–Trinajstić information content (AvgIpc) is 2.87. The summed E-state index contributed by atoms with van der Waals surface area (Å²) in [7, 11) is 2.27. The highest BCUT2D eigenvalue weighted by atomic mass is 16.2. The monoisotopic (exact) mass is 280 g/mol. The Morgan fingerprint density at radius 3 is 2.50 bits per heavy atom. The summed E-state index contributed by atoms with van der Waals surface area (Å²) in [5.74, 6) is 2.81. The third-order valence-corrected chi connectivity index (χ3v) is 5.34. The normalized spacial score (nSPS) is 31.0. The lowest BCUT2D eigenvalue weighted by molar-refractivity contribution is -0.127. The summed E-state index contributed by atoms with van der Waals surface area (Å²) >= 11 is 0. The van der Waals surface area contributed by atoms with Crippen LogP contribution in [0.1, 0.15) is 52.4 Å². The Kier molecular flexibility index (Phi) is 5.88. The van der Waals surface area contributed by atoms with Crippen LogP contribution >= 0.6 is 0 Å². The van der Waals surface area contributed by atoms with Gasteiger partial charge in [0.05, 0.1) is 0 Å². The number of hydrogen-bond donors (Lipinski definition) is 0. The third-order valence-electron chi connectivity index (χ3n) is 5.34. The summed E-state index contributed by atoms with van der Waals surface area (Å²) in [5, 5.41) is 0. The van der Waals surface area contributed by atoms with E-state index in [1.165, 1.54) is 45.1 Å². The molecule has 2 aliphatic rings. The molecule has 116 valence electrons. The van der Waals surface area contributed by atoms with Gasteiger partial charge >= 0.3 is 0 Å². The molecule has 1 aliphatic carbocycles. The van der Waals surface area contributed by atoms with Crippen LogP contribution in [0.5, 0.6) is 0 Å². The smallest absolute Gasteiger partial charge is 0.219 e. The van der Waals surface area contributed by atoms with Crippen LogP contribution in [0.2, 0.25) is 0 Å². The van der Waals surface area contributed by atoms with Gasteiger partial charge in [-0.15, -0.1) is 0 Å². The summed E-state index contributed by atoms with van der Waals surface area (Å²) in [6.45, 7) is 8.39. The summed E-state index contributed by atoms with van der Waals surface area (Å²) in [4.78, 5) is 15.9. The van der Waals surface area contributed by atoms with Gasteiger partial charge in [-0.3, -0.25) is 4.79 Å².